The van der Waals surface area contributed by atoms with Gasteiger partial charge in [-0.15, -0.1) is 12.4 Å². The molecule has 0 saturated heterocycles. The molecule has 0 amide bonds. The van der Waals surface area contributed by atoms with E-state index in [1.165, 1.54) is 0 Å². The van der Waals surface area contributed by atoms with Crippen LogP contribution in [-0.2, 0) is 10.0 Å². The number of unbranched alkanes of at least 4 members (excludes halogenated alkanes) is 1. The minimum atomic E-state index is -3.43. The van der Waals surface area contributed by atoms with E-state index in [-0.39, 0.29) is 17.3 Å². The van der Waals surface area contributed by atoms with Crippen molar-refractivity contribution in [1.82, 2.24) is 4.72 Å². The number of nitrogens with two attached hydrogens (primary N) is 1. The second-order valence-electron chi connectivity index (χ2n) is 3.78. The normalized spacial score (nSPS) is 11.1. The van der Waals surface area contributed by atoms with Crippen molar-refractivity contribution in [3.05, 3.63) is 28.2 Å². The van der Waals surface area contributed by atoms with Crippen LogP contribution < -0.4 is 10.5 Å². The fourth-order valence-electron chi connectivity index (χ4n) is 1.38. The standard InChI is InChI=1S/C11H17BrN2O2S.ClH/c1-9-5-4-6-10(11(9)12)17(15,16)14-8-3-2-7-13;/h4-6,14H,2-3,7-8,13H2,1H3;1H. The van der Waals surface area contributed by atoms with Crippen molar-refractivity contribution >= 4 is 38.4 Å². The lowest BCUT2D eigenvalue weighted by atomic mass is 10.2. The highest BCUT2D eigenvalue weighted by atomic mass is 79.9. The van der Waals surface area contributed by atoms with Gasteiger partial charge in [0.1, 0.15) is 0 Å². The molecule has 104 valence electrons. The number of aryl methyl sites for hydroxylation is 1. The van der Waals surface area contributed by atoms with E-state index in [9.17, 15) is 8.42 Å². The zero-order valence-electron chi connectivity index (χ0n) is 10.1. The lowest BCUT2D eigenvalue weighted by Gasteiger charge is -2.09. The summed E-state index contributed by atoms with van der Waals surface area (Å²) >= 11 is 3.30. The SMILES string of the molecule is Cc1cccc(S(=O)(=O)NCCCCN)c1Br.Cl. The molecule has 0 bridgehead atoms. The second-order valence-corrected chi connectivity index (χ2v) is 6.31. The molecule has 0 aliphatic carbocycles. The third-order valence-electron chi connectivity index (χ3n) is 2.37. The Kier molecular flexibility index (Phi) is 8.05. The van der Waals surface area contributed by atoms with Crippen LogP contribution in [0.1, 0.15) is 18.4 Å². The molecule has 0 unspecified atom stereocenters. The van der Waals surface area contributed by atoms with E-state index in [0.29, 0.717) is 17.6 Å². The van der Waals surface area contributed by atoms with Crippen LogP contribution in [0, 0.1) is 6.92 Å². The van der Waals surface area contributed by atoms with Crippen LogP contribution in [-0.4, -0.2) is 21.5 Å². The summed E-state index contributed by atoms with van der Waals surface area (Å²) in [5.74, 6) is 0. The maximum absolute atomic E-state index is 12.0. The predicted molar refractivity (Wildman–Crippen MR) is 79.6 cm³/mol. The third-order valence-corrected chi connectivity index (χ3v) is 5.19. The van der Waals surface area contributed by atoms with E-state index < -0.39 is 10.0 Å². The van der Waals surface area contributed by atoms with Gasteiger partial charge in [0.2, 0.25) is 10.0 Å². The van der Waals surface area contributed by atoms with Gasteiger partial charge in [-0.2, -0.15) is 0 Å². The summed E-state index contributed by atoms with van der Waals surface area (Å²) in [5, 5.41) is 0. The molecule has 0 fully saturated rings. The summed E-state index contributed by atoms with van der Waals surface area (Å²) < 4.78 is 27.2. The van der Waals surface area contributed by atoms with Crippen molar-refractivity contribution in [2.75, 3.05) is 13.1 Å². The first-order valence-corrected chi connectivity index (χ1v) is 7.71. The van der Waals surface area contributed by atoms with E-state index >= 15 is 0 Å². The molecule has 0 aliphatic rings. The Hall–Kier alpha value is -0.140. The van der Waals surface area contributed by atoms with Crippen molar-refractivity contribution in [3.8, 4) is 0 Å². The Morgan fingerprint density at radius 3 is 2.61 bits per heavy atom. The second kappa shape index (κ2) is 8.12. The molecule has 3 N–H and O–H groups in total. The number of nitrogens with one attached hydrogen (secondary N) is 1. The largest absolute Gasteiger partial charge is 0.330 e. The molecule has 1 rings (SSSR count). The van der Waals surface area contributed by atoms with Crippen LogP contribution in [0.2, 0.25) is 0 Å². The van der Waals surface area contributed by atoms with Crippen LogP contribution in [0.3, 0.4) is 0 Å². The van der Waals surface area contributed by atoms with Gasteiger partial charge < -0.3 is 5.73 Å². The first-order chi connectivity index (χ1) is 7.99. The number of rotatable bonds is 6. The van der Waals surface area contributed by atoms with Crippen LogP contribution in [0.4, 0.5) is 0 Å². The summed E-state index contributed by atoms with van der Waals surface area (Å²) in [6.45, 7) is 2.85. The number of hydrogen-bond donors (Lipinski definition) is 2. The van der Waals surface area contributed by atoms with Crippen LogP contribution >= 0.6 is 28.3 Å². The van der Waals surface area contributed by atoms with E-state index in [2.05, 4.69) is 20.7 Å². The van der Waals surface area contributed by atoms with Gasteiger partial charge >= 0.3 is 0 Å². The van der Waals surface area contributed by atoms with Crippen LogP contribution in [0.25, 0.3) is 0 Å². The van der Waals surface area contributed by atoms with Crippen molar-refractivity contribution in [2.45, 2.75) is 24.7 Å². The molecule has 1 aromatic carbocycles. The van der Waals surface area contributed by atoms with E-state index in [1.807, 2.05) is 13.0 Å². The Balaban J connectivity index is 0.00000289. The molecular weight excluding hydrogens is 340 g/mol. The zero-order valence-corrected chi connectivity index (χ0v) is 13.4. The monoisotopic (exact) mass is 356 g/mol. The molecular formula is C11H18BrClN2O2S. The molecule has 4 nitrogen and oxygen atoms in total. The maximum atomic E-state index is 12.0. The highest BCUT2D eigenvalue weighted by Gasteiger charge is 2.17. The molecule has 18 heavy (non-hydrogen) atoms. The molecule has 0 radical (unpaired) electrons. The van der Waals surface area contributed by atoms with E-state index in [1.54, 1.807) is 12.1 Å². The van der Waals surface area contributed by atoms with Crippen molar-refractivity contribution < 1.29 is 8.42 Å². The lowest BCUT2D eigenvalue weighted by molar-refractivity contribution is 0.576. The molecule has 1 aromatic rings. The predicted octanol–water partition coefficient (Wildman–Crippen LogP) is 2.20. The number of hydrogen-bond acceptors (Lipinski definition) is 3. The summed E-state index contributed by atoms with van der Waals surface area (Å²) in [4.78, 5) is 0.283. The average Bonchev–Trinajstić information content (AvgIpc) is 2.28. The third kappa shape index (κ3) is 4.85. The van der Waals surface area contributed by atoms with E-state index in [0.717, 1.165) is 18.4 Å². The molecule has 0 heterocycles. The Bertz CT molecular complexity index is 480. The van der Waals surface area contributed by atoms with Crippen LogP contribution in [0.15, 0.2) is 27.6 Å². The molecule has 7 heteroatoms. The van der Waals surface area contributed by atoms with E-state index in [4.69, 9.17) is 5.73 Å². The maximum Gasteiger partial charge on any atom is 0.241 e. The van der Waals surface area contributed by atoms with Gasteiger partial charge in [0.15, 0.2) is 0 Å². The molecule has 0 aliphatic heterocycles. The fraction of sp³-hybridized carbons (Fsp3) is 0.455. The summed E-state index contributed by atoms with van der Waals surface area (Å²) in [5.41, 5.74) is 6.25. The van der Waals surface area contributed by atoms with Gasteiger partial charge in [-0.3, -0.25) is 0 Å². The highest BCUT2D eigenvalue weighted by Crippen LogP contribution is 2.24. The lowest BCUT2D eigenvalue weighted by Crippen LogP contribution is -2.25. The van der Waals surface area contributed by atoms with Crippen molar-refractivity contribution in [3.63, 3.8) is 0 Å². The van der Waals surface area contributed by atoms with Crippen molar-refractivity contribution in [1.29, 1.82) is 0 Å². The van der Waals surface area contributed by atoms with Gasteiger partial charge in [0.25, 0.3) is 0 Å². The minimum Gasteiger partial charge on any atom is -0.330 e. The fourth-order valence-corrected chi connectivity index (χ4v) is 3.51. The molecule has 0 atom stereocenters. The molecule has 0 aromatic heterocycles. The Labute approximate surface area is 123 Å². The summed E-state index contributed by atoms with van der Waals surface area (Å²) in [7, 11) is -3.43. The highest BCUT2D eigenvalue weighted by molar-refractivity contribution is 9.10. The topological polar surface area (TPSA) is 72.2 Å². The van der Waals surface area contributed by atoms with Gasteiger partial charge in [-0.05, 0) is 53.9 Å². The Morgan fingerprint density at radius 1 is 1.33 bits per heavy atom. The minimum absolute atomic E-state index is 0. The van der Waals surface area contributed by atoms with Gasteiger partial charge in [-0.1, -0.05) is 12.1 Å². The first kappa shape index (κ1) is 17.9. The zero-order chi connectivity index (χ0) is 12.9. The number of benzene rings is 1. The molecule has 0 spiro atoms. The average molecular weight is 358 g/mol. The molecule has 0 saturated carbocycles. The summed E-state index contributed by atoms with van der Waals surface area (Å²) in [6, 6.07) is 5.18. The summed E-state index contributed by atoms with van der Waals surface area (Å²) in [6.07, 6.45) is 1.57. The van der Waals surface area contributed by atoms with Crippen molar-refractivity contribution in [2.24, 2.45) is 5.73 Å². The smallest absolute Gasteiger partial charge is 0.241 e. The first-order valence-electron chi connectivity index (χ1n) is 5.44. The van der Waals surface area contributed by atoms with Gasteiger partial charge in [0, 0.05) is 11.0 Å². The number of sulfonamides is 1. The quantitative estimate of drug-likeness (QED) is 0.767. The Morgan fingerprint density at radius 2 is 2.00 bits per heavy atom. The number of halogens is 2. The van der Waals surface area contributed by atoms with Gasteiger partial charge in [-0.25, -0.2) is 13.1 Å². The van der Waals surface area contributed by atoms with Gasteiger partial charge in [0.05, 0.1) is 4.90 Å². The van der Waals surface area contributed by atoms with Crippen LogP contribution in [0.5, 0.6) is 0 Å².